The predicted octanol–water partition coefficient (Wildman–Crippen LogP) is 4.68. The fourth-order valence-corrected chi connectivity index (χ4v) is 4.43. The summed E-state index contributed by atoms with van der Waals surface area (Å²) >= 11 is 1.67. The number of benzene rings is 1. The molecule has 148 valence electrons. The number of aliphatic hydroxyl groups is 1. The summed E-state index contributed by atoms with van der Waals surface area (Å²) < 4.78 is 0. The van der Waals surface area contributed by atoms with E-state index in [1.807, 2.05) is 0 Å². The smallest absolute Gasteiger partial charge is 0.123 e. The number of phenols is 1. The van der Waals surface area contributed by atoms with Crippen molar-refractivity contribution in [2.24, 2.45) is 0 Å². The fourth-order valence-electron chi connectivity index (χ4n) is 3.59. The van der Waals surface area contributed by atoms with E-state index in [1.165, 1.54) is 0 Å². The van der Waals surface area contributed by atoms with E-state index in [0.717, 1.165) is 53.4 Å². The zero-order valence-electron chi connectivity index (χ0n) is 17.3. The second-order valence-electron chi connectivity index (χ2n) is 9.72. The van der Waals surface area contributed by atoms with Crippen LogP contribution in [0.4, 0.5) is 0 Å². The Bertz CT molecular complexity index is 779. The molecule has 0 saturated carbocycles. The lowest BCUT2D eigenvalue weighted by atomic mass is 9.78. The minimum Gasteiger partial charge on any atom is -0.507 e. The van der Waals surface area contributed by atoms with Gasteiger partial charge in [0.05, 0.1) is 18.3 Å². The molecule has 3 rings (SSSR count). The summed E-state index contributed by atoms with van der Waals surface area (Å²) in [7, 11) is 0. The number of hydrogen-bond acceptors (Lipinski definition) is 5. The van der Waals surface area contributed by atoms with E-state index in [4.69, 9.17) is 4.98 Å². The van der Waals surface area contributed by atoms with Crippen molar-refractivity contribution in [1.29, 1.82) is 0 Å². The molecule has 0 spiro atoms. The van der Waals surface area contributed by atoms with Gasteiger partial charge in [-0.15, -0.1) is 11.3 Å². The number of β-amino-alcohol motifs (C(OH)–C–C–N with tert-alkyl or cyclic N) is 1. The summed E-state index contributed by atoms with van der Waals surface area (Å²) in [4.78, 5) is 7.11. The normalized spacial score (nSPS) is 19.0. The molecule has 0 aliphatic carbocycles. The van der Waals surface area contributed by atoms with Gasteiger partial charge in [0.25, 0.3) is 0 Å². The number of nitrogens with zero attached hydrogens (tertiary/aromatic N) is 2. The van der Waals surface area contributed by atoms with Crippen molar-refractivity contribution < 1.29 is 10.2 Å². The molecule has 2 aromatic rings. The van der Waals surface area contributed by atoms with Crippen molar-refractivity contribution in [2.75, 3.05) is 13.1 Å². The van der Waals surface area contributed by atoms with Gasteiger partial charge >= 0.3 is 0 Å². The SMILES string of the molecule is CC(C)(C)c1cc(-c2csc(CN3CC[C@H](O)C3)n2)cc(C(C)(C)C)c1O. The molecule has 1 saturated heterocycles. The van der Waals surface area contributed by atoms with Crippen LogP contribution in [0.25, 0.3) is 11.3 Å². The number of aromatic nitrogens is 1. The van der Waals surface area contributed by atoms with Crippen LogP contribution in [0.3, 0.4) is 0 Å². The highest BCUT2D eigenvalue weighted by Crippen LogP contribution is 2.42. The Morgan fingerprint density at radius 3 is 2.19 bits per heavy atom. The zero-order chi connectivity index (χ0) is 20.0. The van der Waals surface area contributed by atoms with Gasteiger partial charge in [0.2, 0.25) is 0 Å². The molecule has 0 unspecified atom stereocenters. The molecule has 2 heterocycles. The Balaban J connectivity index is 1.97. The van der Waals surface area contributed by atoms with E-state index in [1.54, 1.807) is 11.3 Å². The lowest BCUT2D eigenvalue weighted by Crippen LogP contribution is -2.21. The van der Waals surface area contributed by atoms with Crippen molar-refractivity contribution in [3.8, 4) is 17.0 Å². The van der Waals surface area contributed by atoms with E-state index in [2.05, 4.69) is 64.0 Å². The second kappa shape index (κ2) is 7.19. The molecular weight excluding hydrogens is 356 g/mol. The van der Waals surface area contributed by atoms with Gasteiger partial charge in [-0.3, -0.25) is 4.90 Å². The number of phenolic OH excluding ortho intramolecular Hbond substituents is 1. The Hall–Kier alpha value is -1.43. The number of thiazole rings is 1. The number of aromatic hydroxyl groups is 1. The predicted molar refractivity (Wildman–Crippen MR) is 113 cm³/mol. The van der Waals surface area contributed by atoms with E-state index >= 15 is 0 Å². The average molecular weight is 389 g/mol. The van der Waals surface area contributed by atoms with Gasteiger partial charge in [0.15, 0.2) is 0 Å². The van der Waals surface area contributed by atoms with Crippen molar-refractivity contribution in [2.45, 2.75) is 71.4 Å². The van der Waals surface area contributed by atoms with Gasteiger partial charge in [0.1, 0.15) is 10.8 Å². The average Bonchev–Trinajstić information content (AvgIpc) is 3.15. The number of aliphatic hydroxyl groups excluding tert-OH is 1. The first-order chi connectivity index (χ1) is 12.4. The lowest BCUT2D eigenvalue weighted by molar-refractivity contribution is 0.175. The molecule has 1 aliphatic rings. The third kappa shape index (κ3) is 4.53. The lowest BCUT2D eigenvalue weighted by Gasteiger charge is -2.28. The number of hydrogen-bond donors (Lipinski definition) is 2. The van der Waals surface area contributed by atoms with Gasteiger partial charge in [-0.25, -0.2) is 4.98 Å². The summed E-state index contributed by atoms with van der Waals surface area (Å²) in [5.41, 5.74) is 3.65. The van der Waals surface area contributed by atoms with Gasteiger partial charge in [-0.2, -0.15) is 0 Å². The van der Waals surface area contributed by atoms with Crippen LogP contribution in [0, 0.1) is 0 Å². The van der Waals surface area contributed by atoms with Crippen molar-refractivity contribution in [1.82, 2.24) is 9.88 Å². The molecule has 1 aromatic carbocycles. The fraction of sp³-hybridized carbons (Fsp3) is 0.591. The molecule has 27 heavy (non-hydrogen) atoms. The standard InChI is InChI=1S/C22H32N2O2S/c1-21(2,3)16-9-14(10-17(20(16)26)22(4,5)6)18-13-27-19(23-18)12-24-8-7-15(25)11-24/h9-10,13,15,25-26H,7-8,11-12H2,1-6H3/t15-/m0/s1. The molecule has 1 atom stereocenters. The molecule has 2 N–H and O–H groups in total. The van der Waals surface area contributed by atoms with Gasteiger partial charge in [0, 0.05) is 35.2 Å². The maximum absolute atomic E-state index is 10.9. The summed E-state index contributed by atoms with van der Waals surface area (Å²) in [6.45, 7) is 15.2. The van der Waals surface area contributed by atoms with Crippen molar-refractivity contribution in [3.05, 3.63) is 33.6 Å². The van der Waals surface area contributed by atoms with E-state index in [0.29, 0.717) is 5.75 Å². The molecule has 5 heteroatoms. The number of likely N-dealkylation sites (tertiary alicyclic amines) is 1. The summed E-state index contributed by atoms with van der Waals surface area (Å²) in [5, 5.41) is 23.8. The highest BCUT2D eigenvalue weighted by molar-refractivity contribution is 7.09. The van der Waals surface area contributed by atoms with Crippen LogP contribution in [0.2, 0.25) is 0 Å². The van der Waals surface area contributed by atoms with E-state index in [-0.39, 0.29) is 16.9 Å². The van der Waals surface area contributed by atoms with E-state index < -0.39 is 0 Å². The maximum Gasteiger partial charge on any atom is 0.123 e. The van der Waals surface area contributed by atoms with Crippen LogP contribution in [0.1, 0.15) is 64.1 Å². The minimum absolute atomic E-state index is 0.148. The highest BCUT2D eigenvalue weighted by Gasteiger charge is 2.27. The Kier molecular flexibility index (Phi) is 5.41. The van der Waals surface area contributed by atoms with Crippen LogP contribution in [0.15, 0.2) is 17.5 Å². The Labute approximate surface area is 166 Å². The van der Waals surface area contributed by atoms with Gasteiger partial charge in [-0.1, -0.05) is 41.5 Å². The van der Waals surface area contributed by atoms with Crippen molar-refractivity contribution >= 4 is 11.3 Å². The molecule has 1 aliphatic heterocycles. The monoisotopic (exact) mass is 388 g/mol. The summed E-state index contributed by atoms with van der Waals surface area (Å²) in [6.07, 6.45) is 0.644. The van der Waals surface area contributed by atoms with E-state index in [9.17, 15) is 10.2 Å². The molecule has 1 fully saturated rings. The first kappa shape index (κ1) is 20.3. The minimum atomic E-state index is -0.204. The molecule has 0 amide bonds. The van der Waals surface area contributed by atoms with Crippen LogP contribution in [-0.4, -0.2) is 39.3 Å². The number of rotatable bonds is 3. The van der Waals surface area contributed by atoms with Crippen LogP contribution >= 0.6 is 11.3 Å². The first-order valence-corrected chi connectivity index (χ1v) is 10.6. The van der Waals surface area contributed by atoms with Crippen LogP contribution in [0.5, 0.6) is 5.75 Å². The zero-order valence-corrected chi connectivity index (χ0v) is 18.2. The van der Waals surface area contributed by atoms with Crippen LogP contribution < -0.4 is 0 Å². The maximum atomic E-state index is 10.9. The molecule has 0 bridgehead atoms. The molecule has 1 aromatic heterocycles. The summed E-state index contributed by atoms with van der Waals surface area (Å²) in [6, 6.07) is 4.17. The van der Waals surface area contributed by atoms with Crippen molar-refractivity contribution in [3.63, 3.8) is 0 Å². The summed E-state index contributed by atoms with van der Waals surface area (Å²) in [5.74, 6) is 0.403. The third-order valence-electron chi connectivity index (χ3n) is 5.18. The topological polar surface area (TPSA) is 56.6 Å². The molecule has 0 radical (unpaired) electrons. The molecule has 4 nitrogen and oxygen atoms in total. The van der Waals surface area contributed by atoms with Crippen LogP contribution in [-0.2, 0) is 17.4 Å². The largest absolute Gasteiger partial charge is 0.507 e. The Morgan fingerprint density at radius 1 is 1.11 bits per heavy atom. The van der Waals surface area contributed by atoms with Gasteiger partial charge < -0.3 is 10.2 Å². The second-order valence-corrected chi connectivity index (χ2v) is 10.7. The highest BCUT2D eigenvalue weighted by atomic mass is 32.1. The quantitative estimate of drug-likeness (QED) is 0.802. The first-order valence-electron chi connectivity index (χ1n) is 9.68. The van der Waals surface area contributed by atoms with Gasteiger partial charge in [-0.05, 0) is 29.4 Å². The molecular formula is C22H32N2O2S. The third-order valence-corrected chi connectivity index (χ3v) is 6.01. The Morgan fingerprint density at radius 2 is 1.70 bits per heavy atom.